The van der Waals surface area contributed by atoms with Crippen LogP contribution in [0.2, 0.25) is 5.02 Å². The maximum atomic E-state index is 13.0. The van der Waals surface area contributed by atoms with E-state index in [1.54, 1.807) is 6.92 Å². The smallest absolute Gasteiger partial charge is 0.325 e. The van der Waals surface area contributed by atoms with E-state index >= 15 is 0 Å². The molecule has 2 aromatic carbocycles. The summed E-state index contributed by atoms with van der Waals surface area (Å²) in [6.45, 7) is 1.69. The minimum Gasteiger partial charge on any atom is -0.325 e. The van der Waals surface area contributed by atoms with E-state index in [4.69, 9.17) is 11.6 Å². The monoisotopic (exact) mass is 517 g/mol. The van der Waals surface area contributed by atoms with Crippen LogP contribution in [0.4, 0.5) is 18.9 Å². The second kappa shape index (κ2) is 9.57. The number of thioether (sulfide) groups is 1. The topological polar surface area (TPSA) is 109 Å². The second-order valence-electron chi connectivity index (χ2n) is 6.68. The Balaban J connectivity index is 1.73. The summed E-state index contributed by atoms with van der Waals surface area (Å²) in [6.07, 6.45) is -3.80. The molecule has 33 heavy (non-hydrogen) atoms. The molecule has 0 saturated carbocycles. The zero-order valence-electron chi connectivity index (χ0n) is 16.7. The lowest BCUT2D eigenvalue weighted by Gasteiger charge is -2.13. The lowest BCUT2D eigenvalue weighted by molar-refractivity contribution is -0.137. The highest BCUT2D eigenvalue weighted by atomic mass is 35.5. The molecule has 7 nitrogen and oxygen atoms in total. The van der Waals surface area contributed by atoms with Crippen LogP contribution < -0.4 is 10.9 Å². The summed E-state index contributed by atoms with van der Waals surface area (Å²) >= 11 is 6.69. The average molecular weight is 518 g/mol. The predicted molar refractivity (Wildman–Crippen MR) is 117 cm³/mol. The number of aryl methyl sites for hydroxylation is 1. The zero-order valence-corrected chi connectivity index (χ0v) is 19.1. The number of amides is 1. The largest absolute Gasteiger partial charge is 0.418 e. The number of alkyl halides is 3. The summed E-state index contributed by atoms with van der Waals surface area (Å²) in [6, 6.07) is 8.51. The maximum absolute atomic E-state index is 13.0. The van der Waals surface area contributed by atoms with Crippen LogP contribution in [0.25, 0.3) is 0 Å². The SMILES string of the molecule is Cc1ccc(S(=O)(=O)c2cnc(SCC(=O)Nc3ccccc3C(F)(F)F)[nH]c2=O)cc1Cl. The number of aromatic amines is 1. The fourth-order valence-corrected chi connectivity index (χ4v) is 4.80. The van der Waals surface area contributed by atoms with Crippen LogP contribution >= 0.6 is 23.4 Å². The fraction of sp³-hybridized carbons (Fsp3) is 0.150. The van der Waals surface area contributed by atoms with Crippen molar-refractivity contribution in [2.45, 2.75) is 28.0 Å². The van der Waals surface area contributed by atoms with Crippen LogP contribution in [0.5, 0.6) is 0 Å². The van der Waals surface area contributed by atoms with Crippen LogP contribution in [-0.4, -0.2) is 30.0 Å². The van der Waals surface area contributed by atoms with Gasteiger partial charge in [-0.05, 0) is 36.8 Å². The Morgan fingerprint density at radius 1 is 1.21 bits per heavy atom. The average Bonchev–Trinajstić information content (AvgIpc) is 2.73. The molecule has 0 bridgehead atoms. The molecule has 1 heterocycles. The number of hydrogen-bond acceptors (Lipinski definition) is 6. The van der Waals surface area contributed by atoms with Gasteiger partial charge in [-0.15, -0.1) is 0 Å². The Bertz CT molecular complexity index is 1380. The van der Waals surface area contributed by atoms with Gasteiger partial charge in [-0.3, -0.25) is 9.59 Å². The second-order valence-corrected chi connectivity index (χ2v) is 9.97. The Hall–Kier alpha value is -2.83. The maximum Gasteiger partial charge on any atom is 0.418 e. The van der Waals surface area contributed by atoms with E-state index in [1.165, 1.54) is 30.3 Å². The van der Waals surface area contributed by atoms with Crippen molar-refractivity contribution in [3.8, 4) is 0 Å². The van der Waals surface area contributed by atoms with Gasteiger partial charge in [0.2, 0.25) is 15.7 Å². The van der Waals surface area contributed by atoms with Crippen LogP contribution in [-0.2, 0) is 20.8 Å². The van der Waals surface area contributed by atoms with Gasteiger partial charge >= 0.3 is 6.18 Å². The van der Waals surface area contributed by atoms with Gasteiger partial charge in [0.05, 0.1) is 28.1 Å². The first kappa shape index (κ1) is 24.8. The molecule has 0 fully saturated rings. The summed E-state index contributed by atoms with van der Waals surface area (Å²) in [5.74, 6) is -1.15. The molecule has 3 rings (SSSR count). The lowest BCUT2D eigenvalue weighted by atomic mass is 10.1. The molecule has 0 aliphatic carbocycles. The number of para-hydroxylation sites is 1. The molecular formula is C20H15ClF3N3O4S2. The molecule has 0 aliphatic rings. The number of nitrogens with zero attached hydrogens (tertiary/aromatic N) is 1. The number of aromatic nitrogens is 2. The zero-order chi connectivity index (χ0) is 24.4. The van der Waals surface area contributed by atoms with E-state index < -0.39 is 43.6 Å². The third kappa shape index (κ3) is 5.75. The highest BCUT2D eigenvalue weighted by molar-refractivity contribution is 7.99. The predicted octanol–water partition coefficient (Wildman–Crippen LogP) is 4.31. The van der Waals surface area contributed by atoms with E-state index in [1.807, 2.05) is 0 Å². The number of rotatable bonds is 6. The number of carbonyl (C=O) groups excluding carboxylic acids is 1. The first-order valence-electron chi connectivity index (χ1n) is 9.09. The van der Waals surface area contributed by atoms with Crippen molar-refractivity contribution in [1.82, 2.24) is 9.97 Å². The lowest BCUT2D eigenvalue weighted by Crippen LogP contribution is -2.20. The molecule has 0 saturated heterocycles. The van der Waals surface area contributed by atoms with Gasteiger partial charge in [0.15, 0.2) is 10.1 Å². The highest BCUT2D eigenvalue weighted by Gasteiger charge is 2.33. The minimum atomic E-state index is -4.65. The molecule has 0 aliphatic heterocycles. The number of sulfone groups is 1. The molecule has 1 aromatic heterocycles. The van der Waals surface area contributed by atoms with Crippen molar-refractivity contribution in [3.63, 3.8) is 0 Å². The molecular weight excluding hydrogens is 503 g/mol. The normalized spacial score (nSPS) is 11.9. The van der Waals surface area contributed by atoms with Gasteiger partial charge in [-0.25, -0.2) is 13.4 Å². The van der Waals surface area contributed by atoms with Gasteiger partial charge in [-0.1, -0.05) is 41.6 Å². The van der Waals surface area contributed by atoms with Crippen molar-refractivity contribution in [2.75, 3.05) is 11.1 Å². The van der Waals surface area contributed by atoms with Gasteiger partial charge in [0.1, 0.15) is 0 Å². The Morgan fingerprint density at radius 2 is 1.91 bits per heavy atom. The van der Waals surface area contributed by atoms with Crippen molar-refractivity contribution >= 4 is 44.8 Å². The van der Waals surface area contributed by atoms with Crippen molar-refractivity contribution < 1.29 is 26.4 Å². The molecule has 13 heteroatoms. The van der Waals surface area contributed by atoms with E-state index in [9.17, 15) is 31.2 Å². The van der Waals surface area contributed by atoms with Gasteiger partial charge in [-0.2, -0.15) is 13.2 Å². The third-order valence-electron chi connectivity index (χ3n) is 4.33. The first-order chi connectivity index (χ1) is 15.4. The number of H-pyrrole nitrogens is 1. The number of halogens is 4. The number of hydrogen-bond donors (Lipinski definition) is 2. The molecule has 0 unspecified atom stereocenters. The van der Waals surface area contributed by atoms with Gasteiger partial charge in [0.25, 0.3) is 5.56 Å². The molecule has 0 spiro atoms. The Labute approximate surface area is 195 Å². The molecule has 2 N–H and O–H groups in total. The molecule has 3 aromatic rings. The summed E-state index contributed by atoms with van der Waals surface area (Å²) in [5.41, 5.74) is -1.71. The number of carbonyl (C=O) groups is 1. The molecule has 0 radical (unpaired) electrons. The van der Waals surface area contributed by atoms with Crippen molar-refractivity contribution in [3.05, 3.63) is 75.2 Å². The number of benzene rings is 2. The third-order valence-corrected chi connectivity index (χ3v) is 7.37. The summed E-state index contributed by atoms with van der Waals surface area (Å²) < 4.78 is 64.6. The summed E-state index contributed by atoms with van der Waals surface area (Å²) in [5, 5.41) is 2.29. The van der Waals surface area contributed by atoms with E-state index in [0.29, 0.717) is 5.56 Å². The van der Waals surface area contributed by atoms with Crippen molar-refractivity contribution in [1.29, 1.82) is 0 Å². The van der Waals surface area contributed by atoms with Crippen LogP contribution in [0.15, 0.2) is 68.4 Å². The minimum absolute atomic E-state index is 0.0832. The number of anilines is 1. The Morgan fingerprint density at radius 3 is 2.55 bits per heavy atom. The van der Waals surface area contributed by atoms with Crippen LogP contribution in [0.3, 0.4) is 0 Å². The molecule has 1 amide bonds. The van der Waals surface area contributed by atoms with Gasteiger partial charge in [0, 0.05) is 5.02 Å². The van der Waals surface area contributed by atoms with Crippen molar-refractivity contribution in [2.24, 2.45) is 0 Å². The van der Waals surface area contributed by atoms with E-state index in [2.05, 4.69) is 15.3 Å². The van der Waals surface area contributed by atoms with E-state index in [0.717, 1.165) is 30.1 Å². The Kier molecular flexibility index (Phi) is 7.20. The summed E-state index contributed by atoms with van der Waals surface area (Å²) in [4.78, 5) is 29.7. The molecule has 0 atom stereocenters. The van der Waals surface area contributed by atoms with Crippen LogP contribution in [0, 0.1) is 6.92 Å². The van der Waals surface area contributed by atoms with Gasteiger partial charge < -0.3 is 10.3 Å². The standard InChI is InChI=1S/C20H15ClF3N3O4S2/c1-11-6-7-12(8-14(11)21)33(30,31)16-9-25-19(27-18(16)29)32-10-17(28)26-15-5-3-2-4-13(15)20(22,23)24/h2-9H,10H2,1H3,(H,26,28)(H,25,27,29). The van der Waals surface area contributed by atoms with Crippen LogP contribution in [0.1, 0.15) is 11.1 Å². The summed E-state index contributed by atoms with van der Waals surface area (Å²) in [7, 11) is -4.20. The molecule has 174 valence electrons. The highest BCUT2D eigenvalue weighted by Crippen LogP contribution is 2.34. The number of nitrogens with one attached hydrogen (secondary N) is 2. The first-order valence-corrected chi connectivity index (χ1v) is 11.9. The van der Waals surface area contributed by atoms with E-state index in [-0.39, 0.29) is 20.8 Å². The fourth-order valence-electron chi connectivity index (χ4n) is 2.66. The quantitative estimate of drug-likeness (QED) is 0.372.